The topological polar surface area (TPSA) is 40.5 Å². The van der Waals surface area contributed by atoms with Crippen LogP contribution in [-0.4, -0.2) is 28.5 Å². The van der Waals surface area contributed by atoms with Crippen molar-refractivity contribution < 1.29 is 9.90 Å². The van der Waals surface area contributed by atoms with E-state index in [1.165, 1.54) is 6.42 Å². The van der Waals surface area contributed by atoms with Gasteiger partial charge in [0.15, 0.2) is 0 Å². The maximum Gasteiger partial charge on any atom is 0.254 e. The molecule has 104 valence electrons. The summed E-state index contributed by atoms with van der Waals surface area (Å²) >= 11 is 0. The van der Waals surface area contributed by atoms with Crippen LogP contribution in [0.25, 0.3) is 10.8 Å². The summed E-state index contributed by atoms with van der Waals surface area (Å²) in [7, 11) is 0. The summed E-state index contributed by atoms with van der Waals surface area (Å²) in [5.41, 5.74) is 0.705. The van der Waals surface area contributed by atoms with Gasteiger partial charge in [0, 0.05) is 23.5 Å². The summed E-state index contributed by atoms with van der Waals surface area (Å²) in [6.45, 7) is 2.96. The molecule has 0 aliphatic carbocycles. The molecule has 2 aromatic carbocycles. The molecule has 0 radical (unpaired) electrons. The lowest BCUT2D eigenvalue weighted by atomic mass is 10.0. The molecule has 2 aromatic rings. The minimum atomic E-state index is 0.0995. The molecule has 1 fully saturated rings. The minimum absolute atomic E-state index is 0.0995. The van der Waals surface area contributed by atoms with E-state index in [-0.39, 0.29) is 11.7 Å². The van der Waals surface area contributed by atoms with Crippen LogP contribution in [0.15, 0.2) is 36.4 Å². The molecule has 1 aliphatic heterocycles. The molecular formula is C17H19NO2. The molecule has 1 aliphatic rings. The summed E-state index contributed by atoms with van der Waals surface area (Å²) in [5.74, 6) is 0.357. The molecule has 1 atom stereocenters. The second-order valence-electron chi connectivity index (χ2n) is 5.56. The first-order chi connectivity index (χ1) is 9.66. The van der Waals surface area contributed by atoms with Crippen molar-refractivity contribution in [2.24, 2.45) is 0 Å². The van der Waals surface area contributed by atoms with Gasteiger partial charge in [-0.2, -0.15) is 0 Å². The van der Waals surface area contributed by atoms with Gasteiger partial charge in [-0.1, -0.05) is 12.1 Å². The number of phenols is 1. The van der Waals surface area contributed by atoms with Crippen molar-refractivity contribution in [1.82, 2.24) is 4.90 Å². The highest BCUT2D eigenvalue weighted by Gasteiger charge is 2.24. The van der Waals surface area contributed by atoms with Gasteiger partial charge in [0.1, 0.15) is 5.75 Å². The molecule has 1 N–H and O–H groups in total. The third kappa shape index (κ3) is 2.24. The zero-order valence-electron chi connectivity index (χ0n) is 11.7. The standard InChI is InChI=1S/C17H19NO2/c1-12-5-2-3-10-18(12)17(20)14-8-9-15-13(11-14)6-4-7-16(15)19/h4,6-9,11-12,19H,2-3,5,10H2,1H3. The Kier molecular flexibility index (Phi) is 3.35. The van der Waals surface area contributed by atoms with Crippen molar-refractivity contribution in [3.05, 3.63) is 42.0 Å². The molecule has 3 nitrogen and oxygen atoms in total. The van der Waals surface area contributed by atoms with E-state index in [1.54, 1.807) is 12.1 Å². The van der Waals surface area contributed by atoms with Crippen molar-refractivity contribution in [3.8, 4) is 5.75 Å². The molecule has 1 saturated heterocycles. The second-order valence-corrected chi connectivity index (χ2v) is 5.56. The fourth-order valence-corrected chi connectivity index (χ4v) is 2.97. The summed E-state index contributed by atoms with van der Waals surface area (Å²) in [5, 5.41) is 11.5. The van der Waals surface area contributed by atoms with Crippen LogP contribution in [0, 0.1) is 0 Å². The highest BCUT2D eigenvalue weighted by atomic mass is 16.3. The molecule has 1 amide bonds. The number of piperidine rings is 1. The number of likely N-dealkylation sites (tertiary alicyclic amines) is 1. The SMILES string of the molecule is CC1CCCCN1C(=O)c1ccc2c(O)cccc2c1. The number of rotatable bonds is 1. The van der Waals surface area contributed by atoms with Crippen molar-refractivity contribution in [1.29, 1.82) is 0 Å². The maximum atomic E-state index is 12.6. The Balaban J connectivity index is 1.95. The van der Waals surface area contributed by atoms with E-state index in [0.717, 1.165) is 30.2 Å². The maximum absolute atomic E-state index is 12.6. The van der Waals surface area contributed by atoms with E-state index in [2.05, 4.69) is 6.92 Å². The van der Waals surface area contributed by atoms with E-state index < -0.39 is 0 Å². The van der Waals surface area contributed by atoms with Gasteiger partial charge in [-0.3, -0.25) is 4.79 Å². The number of amides is 1. The lowest BCUT2D eigenvalue weighted by Gasteiger charge is -2.33. The van der Waals surface area contributed by atoms with E-state index in [0.29, 0.717) is 11.6 Å². The van der Waals surface area contributed by atoms with Gasteiger partial charge in [0.25, 0.3) is 5.91 Å². The predicted octanol–water partition coefficient (Wildman–Crippen LogP) is 3.56. The molecule has 1 heterocycles. The minimum Gasteiger partial charge on any atom is -0.507 e. The number of benzene rings is 2. The van der Waals surface area contributed by atoms with Crippen molar-refractivity contribution in [2.75, 3.05) is 6.54 Å². The van der Waals surface area contributed by atoms with Crippen LogP contribution in [0.2, 0.25) is 0 Å². The summed E-state index contributed by atoms with van der Waals surface area (Å²) in [4.78, 5) is 14.6. The largest absolute Gasteiger partial charge is 0.507 e. The van der Waals surface area contributed by atoms with Crippen LogP contribution in [0.1, 0.15) is 36.5 Å². The number of carbonyl (C=O) groups excluding carboxylic acids is 1. The molecule has 1 unspecified atom stereocenters. The summed E-state index contributed by atoms with van der Waals surface area (Å²) in [6.07, 6.45) is 3.38. The first-order valence-corrected chi connectivity index (χ1v) is 7.19. The van der Waals surface area contributed by atoms with Crippen LogP contribution >= 0.6 is 0 Å². The van der Waals surface area contributed by atoms with E-state index in [4.69, 9.17) is 0 Å². The van der Waals surface area contributed by atoms with E-state index >= 15 is 0 Å². The molecule has 0 bridgehead atoms. The van der Waals surface area contributed by atoms with Crippen LogP contribution in [-0.2, 0) is 0 Å². The Morgan fingerprint density at radius 3 is 2.90 bits per heavy atom. The Morgan fingerprint density at radius 2 is 2.10 bits per heavy atom. The average molecular weight is 269 g/mol. The first kappa shape index (κ1) is 13.0. The molecule has 20 heavy (non-hydrogen) atoms. The van der Waals surface area contributed by atoms with Gasteiger partial charge >= 0.3 is 0 Å². The summed E-state index contributed by atoms with van der Waals surface area (Å²) < 4.78 is 0. The number of aromatic hydroxyl groups is 1. The smallest absolute Gasteiger partial charge is 0.254 e. The number of phenolic OH excluding ortho intramolecular Hbond substituents is 1. The van der Waals surface area contributed by atoms with Gasteiger partial charge < -0.3 is 10.0 Å². The zero-order valence-corrected chi connectivity index (χ0v) is 11.7. The van der Waals surface area contributed by atoms with Gasteiger partial charge in [-0.15, -0.1) is 0 Å². The lowest BCUT2D eigenvalue weighted by molar-refractivity contribution is 0.0636. The highest BCUT2D eigenvalue weighted by molar-refractivity contribution is 6.00. The van der Waals surface area contributed by atoms with Gasteiger partial charge in [0.2, 0.25) is 0 Å². The Bertz CT molecular complexity index is 650. The van der Waals surface area contributed by atoms with Crippen molar-refractivity contribution in [2.45, 2.75) is 32.2 Å². The molecule has 3 heteroatoms. The fraction of sp³-hybridized carbons (Fsp3) is 0.353. The van der Waals surface area contributed by atoms with Crippen LogP contribution in [0.5, 0.6) is 5.75 Å². The summed E-state index contributed by atoms with van der Waals surface area (Å²) in [6, 6.07) is 11.2. The molecule has 0 spiro atoms. The molecule has 0 saturated carbocycles. The lowest BCUT2D eigenvalue weighted by Crippen LogP contribution is -2.42. The van der Waals surface area contributed by atoms with Crippen LogP contribution < -0.4 is 0 Å². The van der Waals surface area contributed by atoms with Gasteiger partial charge in [-0.05, 0) is 55.8 Å². The van der Waals surface area contributed by atoms with E-state index in [9.17, 15) is 9.90 Å². The van der Waals surface area contributed by atoms with Gasteiger partial charge in [0.05, 0.1) is 0 Å². The van der Waals surface area contributed by atoms with Crippen LogP contribution in [0.3, 0.4) is 0 Å². The monoisotopic (exact) mass is 269 g/mol. The molecule has 0 aromatic heterocycles. The third-order valence-corrected chi connectivity index (χ3v) is 4.17. The van der Waals surface area contributed by atoms with E-state index in [1.807, 2.05) is 29.2 Å². The van der Waals surface area contributed by atoms with Crippen molar-refractivity contribution >= 4 is 16.7 Å². The zero-order chi connectivity index (χ0) is 14.1. The number of fused-ring (bicyclic) bond motifs is 1. The van der Waals surface area contributed by atoms with Gasteiger partial charge in [-0.25, -0.2) is 0 Å². The molecular weight excluding hydrogens is 250 g/mol. The predicted molar refractivity (Wildman–Crippen MR) is 80.0 cm³/mol. The Morgan fingerprint density at radius 1 is 1.25 bits per heavy atom. The number of hydrogen-bond acceptors (Lipinski definition) is 2. The second kappa shape index (κ2) is 5.16. The molecule has 3 rings (SSSR count). The third-order valence-electron chi connectivity index (χ3n) is 4.17. The first-order valence-electron chi connectivity index (χ1n) is 7.19. The van der Waals surface area contributed by atoms with Crippen LogP contribution in [0.4, 0.5) is 0 Å². The normalized spacial score (nSPS) is 19.2. The van der Waals surface area contributed by atoms with Crippen molar-refractivity contribution in [3.63, 3.8) is 0 Å². The quantitative estimate of drug-likeness (QED) is 0.860. The average Bonchev–Trinajstić information content (AvgIpc) is 2.47. The number of carbonyl (C=O) groups is 1. The number of hydrogen-bond donors (Lipinski definition) is 1. The highest BCUT2D eigenvalue weighted by Crippen LogP contribution is 2.26. The Labute approximate surface area is 118 Å². The fourth-order valence-electron chi connectivity index (χ4n) is 2.97. The Hall–Kier alpha value is -2.03. The number of nitrogens with zero attached hydrogens (tertiary/aromatic N) is 1.